The number of piperidine rings is 1. The second-order valence-electron chi connectivity index (χ2n) is 6.18. The molecule has 0 aliphatic carbocycles. The summed E-state index contributed by atoms with van der Waals surface area (Å²) in [5, 5.41) is 1.09. The van der Waals surface area contributed by atoms with Crippen LogP contribution in [-0.4, -0.2) is 48.7 Å². The lowest BCUT2D eigenvalue weighted by Crippen LogP contribution is -2.44. The first-order chi connectivity index (χ1) is 10.9. The van der Waals surface area contributed by atoms with Gasteiger partial charge in [-0.2, -0.15) is 0 Å². The lowest BCUT2D eigenvalue weighted by Gasteiger charge is -2.31. The van der Waals surface area contributed by atoms with E-state index < -0.39 is 10.0 Å². The first kappa shape index (κ1) is 16.3. The fraction of sp³-hybridized carbons (Fsp3) is 0.500. The highest BCUT2D eigenvalue weighted by molar-refractivity contribution is 7.88. The molecule has 6 nitrogen and oxygen atoms in total. The molecule has 0 atom stereocenters. The number of sulfonamides is 1. The van der Waals surface area contributed by atoms with E-state index in [1.165, 1.54) is 6.26 Å². The first-order valence-electron chi connectivity index (χ1n) is 7.82. The maximum Gasteiger partial charge on any atom is 0.208 e. The zero-order chi connectivity index (χ0) is 16.4. The number of aromatic nitrogens is 2. The summed E-state index contributed by atoms with van der Waals surface area (Å²) in [7, 11) is -3.12. The van der Waals surface area contributed by atoms with Gasteiger partial charge in [-0.3, -0.25) is 4.90 Å². The van der Waals surface area contributed by atoms with Gasteiger partial charge in [0, 0.05) is 30.2 Å². The third-order valence-corrected chi connectivity index (χ3v) is 4.93. The highest BCUT2D eigenvalue weighted by Gasteiger charge is 2.22. The van der Waals surface area contributed by atoms with Crippen LogP contribution in [0.2, 0.25) is 0 Å². The van der Waals surface area contributed by atoms with Crippen molar-refractivity contribution < 1.29 is 8.42 Å². The summed E-state index contributed by atoms with van der Waals surface area (Å²) in [6, 6.07) is 8.08. The van der Waals surface area contributed by atoms with Crippen LogP contribution >= 0.6 is 0 Å². The van der Waals surface area contributed by atoms with Gasteiger partial charge in [0.05, 0.1) is 18.3 Å². The normalized spacial score (nSPS) is 17.7. The quantitative estimate of drug-likeness (QED) is 0.916. The van der Waals surface area contributed by atoms with Crippen LogP contribution in [0.4, 0.5) is 0 Å². The minimum absolute atomic E-state index is 0.0421. The van der Waals surface area contributed by atoms with Gasteiger partial charge in [-0.1, -0.05) is 18.2 Å². The van der Waals surface area contributed by atoms with Crippen molar-refractivity contribution in [2.75, 3.05) is 19.3 Å². The summed E-state index contributed by atoms with van der Waals surface area (Å²) in [5.74, 6) is 0.829. The summed E-state index contributed by atoms with van der Waals surface area (Å²) in [5.41, 5.74) is 1.97. The smallest absolute Gasteiger partial charge is 0.208 e. The number of fused-ring (bicyclic) bond motifs is 1. The predicted molar refractivity (Wildman–Crippen MR) is 90.6 cm³/mol. The number of likely N-dealkylation sites (tertiary alicyclic amines) is 1. The number of aryl methyl sites for hydroxylation is 1. The van der Waals surface area contributed by atoms with Crippen LogP contribution in [0, 0.1) is 6.92 Å². The second kappa shape index (κ2) is 6.51. The van der Waals surface area contributed by atoms with Crippen molar-refractivity contribution in [3.63, 3.8) is 0 Å². The van der Waals surface area contributed by atoms with Crippen LogP contribution in [0.1, 0.15) is 24.4 Å². The van der Waals surface area contributed by atoms with Crippen molar-refractivity contribution in [1.82, 2.24) is 19.6 Å². The minimum atomic E-state index is -3.12. The van der Waals surface area contributed by atoms with E-state index in [-0.39, 0.29) is 6.04 Å². The van der Waals surface area contributed by atoms with E-state index in [2.05, 4.69) is 19.6 Å². The van der Waals surface area contributed by atoms with Crippen LogP contribution < -0.4 is 4.72 Å². The van der Waals surface area contributed by atoms with Gasteiger partial charge in [0.15, 0.2) is 0 Å². The van der Waals surface area contributed by atoms with E-state index in [1.54, 1.807) is 0 Å². The minimum Gasteiger partial charge on any atom is -0.296 e. The molecule has 7 heteroatoms. The highest BCUT2D eigenvalue weighted by atomic mass is 32.2. The van der Waals surface area contributed by atoms with Gasteiger partial charge in [-0.05, 0) is 25.8 Å². The summed E-state index contributed by atoms with van der Waals surface area (Å²) >= 11 is 0. The van der Waals surface area contributed by atoms with Gasteiger partial charge >= 0.3 is 0 Å². The number of benzene rings is 1. The van der Waals surface area contributed by atoms with Gasteiger partial charge in [-0.15, -0.1) is 0 Å². The Morgan fingerprint density at radius 3 is 2.61 bits per heavy atom. The maximum atomic E-state index is 11.3. The van der Waals surface area contributed by atoms with Crippen molar-refractivity contribution in [1.29, 1.82) is 0 Å². The monoisotopic (exact) mass is 334 g/mol. The molecule has 1 aliphatic rings. The van der Waals surface area contributed by atoms with Gasteiger partial charge in [-0.25, -0.2) is 23.1 Å². The molecule has 1 aliphatic heterocycles. The zero-order valence-electron chi connectivity index (χ0n) is 13.5. The molecule has 3 rings (SSSR count). The zero-order valence-corrected chi connectivity index (χ0v) is 14.3. The Morgan fingerprint density at radius 1 is 1.22 bits per heavy atom. The Hall–Kier alpha value is -1.57. The number of hydrogen-bond acceptors (Lipinski definition) is 5. The van der Waals surface area contributed by atoms with Crippen molar-refractivity contribution in [3.8, 4) is 0 Å². The molecule has 1 saturated heterocycles. The molecule has 0 spiro atoms. The lowest BCUT2D eigenvalue weighted by atomic mass is 10.1. The lowest BCUT2D eigenvalue weighted by molar-refractivity contribution is 0.196. The summed E-state index contributed by atoms with van der Waals surface area (Å²) in [4.78, 5) is 11.5. The van der Waals surface area contributed by atoms with Crippen LogP contribution in [-0.2, 0) is 16.6 Å². The average Bonchev–Trinajstić information content (AvgIpc) is 2.48. The Labute approximate surface area is 137 Å². The number of rotatable bonds is 4. The number of nitrogens with zero attached hydrogens (tertiary/aromatic N) is 3. The van der Waals surface area contributed by atoms with E-state index in [4.69, 9.17) is 0 Å². The number of para-hydroxylation sites is 1. The third kappa shape index (κ3) is 4.25. The number of nitrogens with one attached hydrogen (secondary N) is 1. The standard InChI is InChI=1S/C16H22N4O2S/c1-12-14-5-3-4-6-15(14)18-16(17-12)11-20-9-7-13(8-10-20)19-23(2,21)22/h3-6,13,19H,7-11H2,1-2H3. The molecule has 23 heavy (non-hydrogen) atoms. The second-order valence-corrected chi connectivity index (χ2v) is 7.96. The van der Waals surface area contributed by atoms with Gasteiger partial charge in [0.25, 0.3) is 0 Å². The van der Waals surface area contributed by atoms with E-state index in [0.717, 1.165) is 48.4 Å². The highest BCUT2D eigenvalue weighted by Crippen LogP contribution is 2.17. The Morgan fingerprint density at radius 2 is 1.91 bits per heavy atom. The molecular formula is C16H22N4O2S. The van der Waals surface area contributed by atoms with Crippen LogP contribution in [0.15, 0.2) is 24.3 Å². The molecule has 124 valence electrons. The Bertz CT molecular complexity index is 799. The molecule has 0 amide bonds. The average molecular weight is 334 g/mol. The van der Waals surface area contributed by atoms with Crippen molar-refractivity contribution in [3.05, 3.63) is 35.8 Å². The van der Waals surface area contributed by atoms with Gasteiger partial charge in [0.1, 0.15) is 5.82 Å². The van der Waals surface area contributed by atoms with Crippen molar-refractivity contribution >= 4 is 20.9 Å². The molecule has 1 aromatic heterocycles. The molecule has 1 aromatic carbocycles. The third-order valence-electron chi connectivity index (χ3n) is 4.17. The molecule has 2 heterocycles. The van der Waals surface area contributed by atoms with Crippen LogP contribution in [0.5, 0.6) is 0 Å². The van der Waals surface area contributed by atoms with Gasteiger partial charge in [0.2, 0.25) is 10.0 Å². The molecule has 2 aromatic rings. The fourth-order valence-corrected chi connectivity index (χ4v) is 3.92. The van der Waals surface area contributed by atoms with Gasteiger partial charge < -0.3 is 0 Å². The van der Waals surface area contributed by atoms with E-state index in [1.807, 2.05) is 31.2 Å². The van der Waals surface area contributed by atoms with Crippen LogP contribution in [0.25, 0.3) is 10.9 Å². The Balaban J connectivity index is 1.65. The van der Waals surface area contributed by atoms with Crippen molar-refractivity contribution in [2.24, 2.45) is 0 Å². The van der Waals surface area contributed by atoms with E-state index in [0.29, 0.717) is 6.54 Å². The molecule has 1 fully saturated rings. The number of hydrogen-bond donors (Lipinski definition) is 1. The largest absolute Gasteiger partial charge is 0.296 e. The summed E-state index contributed by atoms with van der Waals surface area (Å²) < 4.78 is 25.3. The summed E-state index contributed by atoms with van der Waals surface area (Å²) in [6.45, 7) is 4.41. The predicted octanol–water partition coefficient (Wildman–Crippen LogP) is 1.45. The van der Waals surface area contributed by atoms with E-state index >= 15 is 0 Å². The van der Waals surface area contributed by atoms with Crippen LogP contribution in [0.3, 0.4) is 0 Å². The fourth-order valence-electron chi connectivity index (χ4n) is 3.08. The molecule has 0 unspecified atom stereocenters. The Kier molecular flexibility index (Phi) is 4.61. The molecule has 0 radical (unpaired) electrons. The SMILES string of the molecule is Cc1nc(CN2CCC(NS(C)(=O)=O)CC2)nc2ccccc12. The topological polar surface area (TPSA) is 75.2 Å². The first-order valence-corrected chi connectivity index (χ1v) is 9.72. The molecule has 0 bridgehead atoms. The van der Waals surface area contributed by atoms with Crippen molar-refractivity contribution in [2.45, 2.75) is 32.4 Å². The maximum absolute atomic E-state index is 11.3. The summed E-state index contributed by atoms with van der Waals surface area (Å²) in [6.07, 6.45) is 2.85. The molecule has 0 saturated carbocycles. The van der Waals surface area contributed by atoms with E-state index in [9.17, 15) is 8.42 Å². The molecule has 1 N–H and O–H groups in total. The molecular weight excluding hydrogens is 312 g/mol.